The molecule has 0 amide bonds. The maximum atomic E-state index is 13.7. The second-order valence-electron chi connectivity index (χ2n) is 7.55. The van der Waals surface area contributed by atoms with E-state index in [1.807, 2.05) is 61.5 Å². The molecule has 0 radical (unpaired) electrons. The van der Waals surface area contributed by atoms with Gasteiger partial charge < -0.3 is 14.2 Å². The van der Waals surface area contributed by atoms with Gasteiger partial charge in [-0.25, -0.2) is 9.79 Å². The number of allylic oxidation sites excluding steroid dienone is 1. The molecule has 1 aliphatic rings. The molecule has 3 aromatic rings. The highest BCUT2D eigenvalue weighted by atomic mass is 32.1. The molecule has 34 heavy (non-hydrogen) atoms. The van der Waals surface area contributed by atoms with Gasteiger partial charge in [-0.3, -0.25) is 9.36 Å². The highest BCUT2D eigenvalue weighted by Gasteiger charge is 2.33. The monoisotopic (exact) mass is 478 g/mol. The molecular formula is C26H26N2O5S. The fourth-order valence-corrected chi connectivity index (χ4v) is 4.96. The molecule has 1 aliphatic heterocycles. The molecule has 7 nitrogen and oxygen atoms in total. The van der Waals surface area contributed by atoms with E-state index in [-0.39, 0.29) is 12.2 Å². The summed E-state index contributed by atoms with van der Waals surface area (Å²) in [6.45, 7) is 6.18. The van der Waals surface area contributed by atoms with E-state index in [4.69, 9.17) is 14.2 Å². The van der Waals surface area contributed by atoms with E-state index in [0.29, 0.717) is 38.7 Å². The van der Waals surface area contributed by atoms with Crippen molar-refractivity contribution in [1.29, 1.82) is 0 Å². The molecule has 0 spiro atoms. The van der Waals surface area contributed by atoms with Crippen molar-refractivity contribution >= 4 is 23.4 Å². The molecule has 0 aliphatic carbocycles. The van der Waals surface area contributed by atoms with Crippen LogP contribution in [-0.2, 0) is 9.53 Å². The van der Waals surface area contributed by atoms with E-state index in [9.17, 15) is 9.59 Å². The van der Waals surface area contributed by atoms with Crippen LogP contribution in [0.25, 0.3) is 6.08 Å². The number of esters is 1. The molecule has 176 valence electrons. The first-order valence-corrected chi connectivity index (χ1v) is 11.9. The van der Waals surface area contributed by atoms with Crippen molar-refractivity contribution < 1.29 is 19.0 Å². The molecule has 1 atom stereocenters. The summed E-state index contributed by atoms with van der Waals surface area (Å²) in [5.41, 5.74) is 2.21. The van der Waals surface area contributed by atoms with Crippen molar-refractivity contribution in [2.75, 3.05) is 20.3 Å². The van der Waals surface area contributed by atoms with E-state index in [1.165, 1.54) is 11.3 Å². The lowest BCUT2D eigenvalue weighted by atomic mass is 9.96. The second kappa shape index (κ2) is 10.1. The minimum atomic E-state index is -0.662. The number of carbonyl (C=O) groups is 1. The van der Waals surface area contributed by atoms with Gasteiger partial charge in [-0.1, -0.05) is 41.7 Å². The molecule has 1 aromatic heterocycles. The van der Waals surface area contributed by atoms with E-state index < -0.39 is 12.0 Å². The maximum absolute atomic E-state index is 13.7. The number of ether oxygens (including phenoxy) is 3. The summed E-state index contributed by atoms with van der Waals surface area (Å²) in [6.07, 6.45) is 1.81. The largest absolute Gasteiger partial charge is 0.497 e. The van der Waals surface area contributed by atoms with Crippen LogP contribution in [0, 0.1) is 0 Å². The molecule has 8 heteroatoms. The molecule has 2 heterocycles. The van der Waals surface area contributed by atoms with Gasteiger partial charge in [-0.2, -0.15) is 0 Å². The molecule has 0 saturated heterocycles. The van der Waals surface area contributed by atoms with Crippen molar-refractivity contribution in [2.24, 2.45) is 4.99 Å². The molecule has 1 unspecified atom stereocenters. The standard InChI is InChI=1S/C26H26N2O5S/c1-5-32-20-10-8-7-9-18(20)15-21-24(29)28-23(17-11-13-19(31-4)14-12-17)22(25(30)33-6-2)16(3)27-26(28)34-21/h7-15,23H,5-6H2,1-4H3/b21-15-. The number of nitrogens with zero attached hydrogens (tertiary/aromatic N) is 2. The van der Waals surface area contributed by atoms with Crippen LogP contribution in [0.4, 0.5) is 0 Å². The number of thiazole rings is 1. The molecule has 0 N–H and O–H groups in total. The number of fused-ring (bicyclic) bond motifs is 1. The van der Waals surface area contributed by atoms with Gasteiger partial charge >= 0.3 is 5.97 Å². The average Bonchev–Trinajstić information content (AvgIpc) is 3.14. The Hall–Kier alpha value is -3.65. The van der Waals surface area contributed by atoms with E-state index >= 15 is 0 Å². The Balaban J connectivity index is 1.93. The Labute approximate surface area is 201 Å². The first-order valence-electron chi connectivity index (χ1n) is 11.0. The number of carbonyl (C=O) groups excluding carboxylic acids is 1. The van der Waals surface area contributed by atoms with Crippen LogP contribution in [0.2, 0.25) is 0 Å². The van der Waals surface area contributed by atoms with Gasteiger partial charge in [0, 0.05) is 5.56 Å². The van der Waals surface area contributed by atoms with Gasteiger partial charge in [-0.15, -0.1) is 0 Å². The van der Waals surface area contributed by atoms with Crippen LogP contribution in [0.1, 0.15) is 37.9 Å². The third-order valence-corrected chi connectivity index (χ3v) is 6.44. The first kappa shape index (κ1) is 23.5. The fraction of sp³-hybridized carbons (Fsp3) is 0.269. The summed E-state index contributed by atoms with van der Waals surface area (Å²) in [5.74, 6) is 0.897. The summed E-state index contributed by atoms with van der Waals surface area (Å²) in [5, 5.41) is 0. The van der Waals surface area contributed by atoms with Gasteiger partial charge in [0.15, 0.2) is 4.80 Å². The van der Waals surface area contributed by atoms with Crippen LogP contribution in [0.15, 0.2) is 69.6 Å². The highest BCUT2D eigenvalue weighted by Crippen LogP contribution is 2.31. The van der Waals surface area contributed by atoms with Crippen LogP contribution in [-0.4, -0.2) is 30.9 Å². The van der Waals surface area contributed by atoms with Gasteiger partial charge in [0.25, 0.3) is 5.56 Å². The molecule has 2 aromatic carbocycles. The van der Waals surface area contributed by atoms with Crippen molar-refractivity contribution in [2.45, 2.75) is 26.8 Å². The minimum Gasteiger partial charge on any atom is -0.497 e. The molecule has 0 fully saturated rings. The number of para-hydroxylation sites is 1. The number of methoxy groups -OCH3 is 1. The summed E-state index contributed by atoms with van der Waals surface area (Å²) < 4.78 is 18.4. The summed E-state index contributed by atoms with van der Waals surface area (Å²) in [4.78, 5) is 31.7. The zero-order chi connectivity index (χ0) is 24.2. The Morgan fingerprint density at radius 3 is 2.53 bits per heavy atom. The van der Waals surface area contributed by atoms with E-state index in [2.05, 4.69) is 4.99 Å². The minimum absolute atomic E-state index is 0.226. The number of rotatable bonds is 7. The average molecular weight is 479 g/mol. The Kier molecular flexibility index (Phi) is 6.98. The van der Waals surface area contributed by atoms with Gasteiger partial charge in [0.2, 0.25) is 0 Å². The second-order valence-corrected chi connectivity index (χ2v) is 8.56. The highest BCUT2D eigenvalue weighted by molar-refractivity contribution is 7.07. The number of hydrogen-bond donors (Lipinski definition) is 0. The number of benzene rings is 2. The van der Waals surface area contributed by atoms with Crippen LogP contribution in [0.3, 0.4) is 0 Å². The quantitative estimate of drug-likeness (QED) is 0.488. The first-order chi connectivity index (χ1) is 16.5. The van der Waals surface area contributed by atoms with Gasteiger partial charge in [0.1, 0.15) is 11.5 Å². The van der Waals surface area contributed by atoms with Gasteiger partial charge in [-0.05, 0) is 50.6 Å². The Morgan fingerprint density at radius 1 is 1.12 bits per heavy atom. The molecule has 0 bridgehead atoms. The predicted molar refractivity (Wildman–Crippen MR) is 131 cm³/mol. The van der Waals surface area contributed by atoms with Crippen molar-refractivity contribution in [1.82, 2.24) is 4.57 Å². The van der Waals surface area contributed by atoms with Crippen LogP contribution < -0.4 is 24.4 Å². The molecule has 4 rings (SSSR count). The third kappa shape index (κ3) is 4.41. The predicted octanol–water partition coefficient (Wildman–Crippen LogP) is 3.21. The molecule has 0 saturated carbocycles. The normalized spacial score (nSPS) is 15.5. The smallest absolute Gasteiger partial charge is 0.338 e. The third-order valence-electron chi connectivity index (χ3n) is 5.45. The van der Waals surface area contributed by atoms with Gasteiger partial charge in [0.05, 0.1) is 42.2 Å². The Morgan fingerprint density at radius 2 is 1.85 bits per heavy atom. The maximum Gasteiger partial charge on any atom is 0.338 e. The van der Waals surface area contributed by atoms with Crippen molar-refractivity contribution in [3.05, 3.63) is 90.6 Å². The van der Waals surface area contributed by atoms with Crippen LogP contribution in [0.5, 0.6) is 11.5 Å². The van der Waals surface area contributed by atoms with E-state index in [0.717, 1.165) is 11.1 Å². The summed E-state index contributed by atoms with van der Waals surface area (Å²) in [7, 11) is 1.59. The molecular weight excluding hydrogens is 452 g/mol. The number of aromatic nitrogens is 1. The fourth-order valence-electron chi connectivity index (χ4n) is 3.92. The van der Waals surface area contributed by atoms with Crippen molar-refractivity contribution in [3.8, 4) is 11.5 Å². The summed E-state index contributed by atoms with van der Waals surface area (Å²) >= 11 is 1.28. The Bertz CT molecular complexity index is 1420. The lowest BCUT2D eigenvalue weighted by Crippen LogP contribution is -2.39. The lowest BCUT2D eigenvalue weighted by molar-refractivity contribution is -0.139. The number of hydrogen-bond acceptors (Lipinski definition) is 7. The van der Waals surface area contributed by atoms with Crippen LogP contribution >= 0.6 is 11.3 Å². The topological polar surface area (TPSA) is 79.1 Å². The van der Waals surface area contributed by atoms with Crippen molar-refractivity contribution in [3.63, 3.8) is 0 Å². The zero-order valence-electron chi connectivity index (χ0n) is 19.5. The SMILES string of the molecule is CCOC(=O)C1=C(C)N=c2s/c(=C\c3ccccc3OCC)c(=O)n2C1c1ccc(OC)cc1. The van der Waals surface area contributed by atoms with E-state index in [1.54, 1.807) is 25.5 Å². The summed E-state index contributed by atoms with van der Waals surface area (Å²) in [6, 6.07) is 14.2. The lowest BCUT2D eigenvalue weighted by Gasteiger charge is -2.24. The zero-order valence-corrected chi connectivity index (χ0v) is 20.3.